The minimum absolute atomic E-state index is 0.0535. The van der Waals surface area contributed by atoms with Crippen LogP contribution in [0.3, 0.4) is 0 Å². The van der Waals surface area contributed by atoms with E-state index in [0.717, 1.165) is 16.6 Å². The SMILES string of the molecule is CCC[C@H]1OC(=O)[C@H](C)C(=O)[C@H](C)[C@@H](O[C@@H]2O[C@H](C)C[C@H](N(C)C)[C@H]2O)[C@](C)(OC/C=C/c2ccc3nccnc3c2)C[C@@H](C)C(=O)[C@@H](C)[C@H]2NC(=O)O[C@@]21C. The van der Waals surface area contributed by atoms with Crippen LogP contribution in [0.1, 0.15) is 86.6 Å². The number of amides is 1. The highest BCUT2D eigenvalue weighted by molar-refractivity contribution is 6.00. The average molecular weight is 781 g/mol. The maximum Gasteiger partial charge on any atom is 0.408 e. The Kier molecular flexibility index (Phi) is 13.7. The first-order chi connectivity index (χ1) is 26.4. The highest BCUT2D eigenvalue weighted by Gasteiger charge is 2.57. The number of nitrogens with one attached hydrogen (secondary N) is 1. The average Bonchev–Trinajstić information content (AvgIpc) is 3.48. The quantitative estimate of drug-likeness (QED) is 0.260. The number of fused-ring (bicyclic) bond motifs is 2. The fraction of sp³-hybridized carbons (Fsp3) is 0.667. The van der Waals surface area contributed by atoms with E-state index in [4.69, 9.17) is 23.7 Å². The molecule has 0 unspecified atom stereocenters. The number of aromatic nitrogens is 2. The van der Waals surface area contributed by atoms with Crippen molar-refractivity contribution in [3.05, 3.63) is 42.2 Å². The highest BCUT2D eigenvalue weighted by Crippen LogP contribution is 2.40. The molecule has 0 aliphatic carbocycles. The number of cyclic esters (lactones) is 1. The van der Waals surface area contributed by atoms with E-state index in [1.54, 1.807) is 47.0 Å². The van der Waals surface area contributed by atoms with Crippen molar-refractivity contribution in [2.45, 2.75) is 135 Å². The number of esters is 1. The number of aliphatic hydroxyl groups is 1. The van der Waals surface area contributed by atoms with Gasteiger partial charge in [-0.1, -0.05) is 52.3 Å². The molecule has 2 N–H and O–H groups in total. The Hall–Kier alpha value is -3.82. The second-order valence-electron chi connectivity index (χ2n) is 16.6. The highest BCUT2D eigenvalue weighted by atomic mass is 16.7. The van der Waals surface area contributed by atoms with Gasteiger partial charge in [0, 0.05) is 36.2 Å². The number of benzene rings is 1. The number of hydrogen-bond acceptors (Lipinski definition) is 13. The molecular formula is C42H60N4O10. The van der Waals surface area contributed by atoms with Gasteiger partial charge in [0.25, 0.3) is 0 Å². The summed E-state index contributed by atoms with van der Waals surface area (Å²) < 4.78 is 31.5. The molecule has 1 amide bonds. The molecule has 3 aliphatic heterocycles. The number of alkyl carbamates (subject to hydrolysis) is 1. The van der Waals surface area contributed by atoms with Gasteiger partial charge in [0.05, 0.1) is 41.5 Å². The molecule has 13 atom stereocenters. The minimum Gasteiger partial charge on any atom is -0.457 e. The number of ketones is 2. The Morgan fingerprint density at radius 1 is 1.00 bits per heavy atom. The van der Waals surface area contributed by atoms with Crippen LogP contribution in [-0.2, 0) is 38.1 Å². The Morgan fingerprint density at radius 2 is 1.70 bits per heavy atom. The summed E-state index contributed by atoms with van der Waals surface area (Å²) in [6.45, 7) is 14.0. The second kappa shape index (κ2) is 17.8. The molecule has 14 heteroatoms. The van der Waals surface area contributed by atoms with E-state index in [2.05, 4.69) is 15.3 Å². The standard InChI is InChI=1S/C42H60N4O10/c1-11-13-32-42(8)36(45-40(51)56-42)25(4)33(47)23(2)22-41(7,52-19-12-14-28-15-16-29-30(21-28)44-18-17-43-29)37(26(5)34(48)27(6)38(50)54-32)55-39-35(49)31(46(9)10)20-24(3)53-39/h12,14-18,21,23-27,31-32,35-37,39,49H,11,13,19-20,22H2,1-10H3,(H,45,51)/b14-12+/t23-,24-,25-,26+,27-,31+,32-,35-,36-,37-,39+,41-,42-/m1/s1. The van der Waals surface area contributed by atoms with Crippen molar-refractivity contribution in [1.29, 1.82) is 0 Å². The Balaban J connectivity index is 1.56. The molecule has 3 aliphatic rings. The van der Waals surface area contributed by atoms with Gasteiger partial charge in [-0.15, -0.1) is 0 Å². The molecule has 4 heterocycles. The molecule has 0 radical (unpaired) electrons. The van der Waals surface area contributed by atoms with Crippen LogP contribution in [0.5, 0.6) is 0 Å². The van der Waals surface area contributed by atoms with E-state index in [9.17, 15) is 24.3 Å². The summed E-state index contributed by atoms with van der Waals surface area (Å²) in [6, 6.07) is 4.57. The Morgan fingerprint density at radius 3 is 2.38 bits per heavy atom. The van der Waals surface area contributed by atoms with Gasteiger partial charge in [-0.3, -0.25) is 24.4 Å². The Labute approximate surface area is 330 Å². The van der Waals surface area contributed by atoms with Crippen LogP contribution >= 0.6 is 0 Å². The van der Waals surface area contributed by atoms with Crippen molar-refractivity contribution in [2.75, 3.05) is 20.7 Å². The Bertz CT molecular complexity index is 1770. The van der Waals surface area contributed by atoms with Crippen LogP contribution in [0, 0.1) is 23.7 Å². The van der Waals surface area contributed by atoms with Crippen LogP contribution in [0.4, 0.5) is 4.79 Å². The predicted molar refractivity (Wildman–Crippen MR) is 208 cm³/mol. The number of rotatable bonds is 9. The van der Waals surface area contributed by atoms with Gasteiger partial charge in [0.1, 0.15) is 23.9 Å². The van der Waals surface area contributed by atoms with Crippen molar-refractivity contribution >= 4 is 40.7 Å². The second-order valence-corrected chi connectivity index (χ2v) is 16.6. The number of aliphatic hydroxyl groups excluding tert-OH is 1. The summed E-state index contributed by atoms with van der Waals surface area (Å²) in [5.74, 6) is -5.13. The zero-order valence-corrected chi connectivity index (χ0v) is 34.4. The third-order valence-electron chi connectivity index (χ3n) is 12.0. The van der Waals surface area contributed by atoms with E-state index < -0.39 is 83.4 Å². The molecule has 308 valence electrons. The van der Waals surface area contributed by atoms with Gasteiger partial charge in [0.2, 0.25) is 0 Å². The first kappa shape index (κ1) is 43.3. The first-order valence-electron chi connectivity index (χ1n) is 19.8. The molecule has 1 aromatic heterocycles. The monoisotopic (exact) mass is 780 g/mol. The lowest BCUT2D eigenvalue weighted by Crippen LogP contribution is -2.60. The van der Waals surface area contributed by atoms with Crippen LogP contribution in [-0.4, -0.2) is 118 Å². The largest absolute Gasteiger partial charge is 0.457 e. The predicted octanol–water partition coefficient (Wildman–Crippen LogP) is 4.89. The molecule has 3 fully saturated rings. The number of carbonyl (C=O) groups is 4. The minimum atomic E-state index is -1.38. The molecule has 5 rings (SSSR count). The van der Waals surface area contributed by atoms with Crippen molar-refractivity contribution in [2.24, 2.45) is 23.7 Å². The molecular weight excluding hydrogens is 720 g/mol. The number of carbonyl (C=O) groups excluding carboxylic acids is 4. The van der Waals surface area contributed by atoms with Gasteiger partial charge in [-0.2, -0.15) is 0 Å². The van der Waals surface area contributed by atoms with Crippen LogP contribution in [0.2, 0.25) is 0 Å². The molecule has 0 spiro atoms. The summed E-state index contributed by atoms with van der Waals surface area (Å²) in [6.07, 6.45) is 3.25. The van der Waals surface area contributed by atoms with Crippen LogP contribution < -0.4 is 5.32 Å². The molecule has 56 heavy (non-hydrogen) atoms. The molecule has 1 aromatic carbocycles. The third-order valence-corrected chi connectivity index (χ3v) is 12.0. The zero-order valence-electron chi connectivity index (χ0n) is 34.4. The van der Waals surface area contributed by atoms with E-state index in [-0.39, 0.29) is 31.0 Å². The third kappa shape index (κ3) is 9.15. The summed E-state index contributed by atoms with van der Waals surface area (Å²) >= 11 is 0. The first-order valence-corrected chi connectivity index (χ1v) is 19.8. The fourth-order valence-electron chi connectivity index (χ4n) is 8.75. The molecule has 0 saturated carbocycles. The van der Waals surface area contributed by atoms with Gasteiger partial charge in [0.15, 0.2) is 17.7 Å². The zero-order chi connectivity index (χ0) is 41.1. The molecule has 2 aromatic rings. The van der Waals surface area contributed by atoms with Gasteiger partial charge >= 0.3 is 12.1 Å². The number of nitrogens with zero attached hydrogens (tertiary/aromatic N) is 3. The number of likely N-dealkylation sites (N-methyl/N-ethyl adjacent to an activating group) is 1. The number of ether oxygens (including phenoxy) is 5. The topological polar surface area (TPSA) is 176 Å². The molecule has 0 bridgehead atoms. The lowest BCUT2D eigenvalue weighted by atomic mass is 9.73. The van der Waals surface area contributed by atoms with Crippen molar-refractivity contribution in [3.63, 3.8) is 0 Å². The van der Waals surface area contributed by atoms with E-state index in [1.165, 1.54) is 6.92 Å². The number of Topliss-reactive ketones (excluding diaryl/α,β-unsaturated/α-hetero) is 2. The number of hydrogen-bond donors (Lipinski definition) is 2. The van der Waals surface area contributed by atoms with Crippen LogP contribution in [0.15, 0.2) is 36.7 Å². The van der Waals surface area contributed by atoms with Crippen molar-refractivity contribution in [1.82, 2.24) is 20.2 Å². The van der Waals surface area contributed by atoms with Crippen molar-refractivity contribution < 1.29 is 48.0 Å². The fourth-order valence-corrected chi connectivity index (χ4v) is 8.75. The summed E-state index contributed by atoms with van der Waals surface area (Å²) in [4.78, 5) is 66.3. The lowest BCUT2D eigenvalue weighted by molar-refractivity contribution is -0.296. The smallest absolute Gasteiger partial charge is 0.408 e. The van der Waals surface area contributed by atoms with E-state index >= 15 is 0 Å². The van der Waals surface area contributed by atoms with Gasteiger partial charge in [-0.25, -0.2) is 4.79 Å². The normalized spacial score (nSPS) is 37.6. The lowest BCUT2D eigenvalue weighted by Gasteiger charge is -2.47. The molecule has 3 saturated heterocycles. The van der Waals surface area contributed by atoms with Crippen LogP contribution in [0.25, 0.3) is 17.1 Å². The summed E-state index contributed by atoms with van der Waals surface area (Å²) in [5, 5.41) is 14.4. The molecule has 14 nitrogen and oxygen atoms in total. The summed E-state index contributed by atoms with van der Waals surface area (Å²) in [5.41, 5.74) is -0.375. The van der Waals surface area contributed by atoms with Gasteiger partial charge < -0.3 is 39.0 Å². The summed E-state index contributed by atoms with van der Waals surface area (Å²) in [7, 11) is 3.74. The maximum atomic E-state index is 14.5. The van der Waals surface area contributed by atoms with Crippen molar-refractivity contribution in [3.8, 4) is 0 Å². The van der Waals surface area contributed by atoms with E-state index in [0.29, 0.717) is 19.3 Å². The van der Waals surface area contributed by atoms with Gasteiger partial charge in [-0.05, 0) is 78.7 Å². The maximum absolute atomic E-state index is 14.5. The van der Waals surface area contributed by atoms with E-state index in [1.807, 2.05) is 63.2 Å².